The summed E-state index contributed by atoms with van der Waals surface area (Å²) in [6.45, 7) is -0.119. The van der Waals surface area contributed by atoms with E-state index in [2.05, 4.69) is 0 Å². The molecule has 1 saturated heterocycles. The van der Waals surface area contributed by atoms with Gasteiger partial charge in [0.25, 0.3) is 11.8 Å². The summed E-state index contributed by atoms with van der Waals surface area (Å²) in [5.41, 5.74) is 5.00. The van der Waals surface area contributed by atoms with Crippen LogP contribution in [0.2, 0.25) is 0 Å². The van der Waals surface area contributed by atoms with Gasteiger partial charge in [0, 0.05) is 0 Å². The molecule has 0 aromatic rings. The van der Waals surface area contributed by atoms with Crippen molar-refractivity contribution in [2.24, 2.45) is 5.73 Å². The highest BCUT2D eigenvalue weighted by Gasteiger charge is 2.48. The van der Waals surface area contributed by atoms with E-state index in [0.717, 1.165) is 12.8 Å². The Morgan fingerprint density at radius 3 is 2.19 bits per heavy atom. The molecule has 0 aromatic carbocycles. The van der Waals surface area contributed by atoms with E-state index in [9.17, 15) is 9.59 Å². The van der Waals surface area contributed by atoms with E-state index in [-0.39, 0.29) is 30.0 Å². The second-order valence-corrected chi connectivity index (χ2v) is 4.66. The van der Waals surface area contributed by atoms with E-state index >= 15 is 0 Å². The number of nitrogens with zero attached hydrogens (tertiary/aromatic N) is 1. The Labute approximate surface area is 98.9 Å². The zero-order chi connectivity index (χ0) is 11.8. The van der Waals surface area contributed by atoms with Crippen LogP contribution in [0.1, 0.15) is 25.7 Å². The van der Waals surface area contributed by atoms with Crippen molar-refractivity contribution in [1.82, 2.24) is 4.90 Å². The van der Waals surface area contributed by atoms with Crippen LogP contribution in [0.3, 0.4) is 0 Å². The molecule has 1 heterocycles. The molecular weight excluding hydrogens is 228 g/mol. The summed E-state index contributed by atoms with van der Waals surface area (Å²) in [5.74, 6) is -0.656. The Balaban J connectivity index is 2.35. The lowest BCUT2D eigenvalue weighted by molar-refractivity contribution is -0.163. The third-order valence-corrected chi connectivity index (χ3v) is 3.65. The van der Waals surface area contributed by atoms with Crippen molar-refractivity contribution >= 4 is 29.0 Å². The van der Waals surface area contributed by atoms with Crippen LogP contribution in [-0.2, 0) is 14.3 Å². The van der Waals surface area contributed by atoms with E-state index in [4.69, 9.17) is 22.7 Å². The van der Waals surface area contributed by atoms with Gasteiger partial charge in [0.2, 0.25) is 0 Å². The lowest BCUT2D eigenvalue weighted by Crippen LogP contribution is -2.63. The van der Waals surface area contributed by atoms with Gasteiger partial charge in [-0.25, -0.2) is 0 Å². The van der Waals surface area contributed by atoms with Crippen molar-refractivity contribution in [3.63, 3.8) is 0 Å². The fourth-order valence-electron chi connectivity index (χ4n) is 2.51. The molecular formula is C10H14N2O3S. The summed E-state index contributed by atoms with van der Waals surface area (Å²) >= 11 is 5.05. The highest BCUT2D eigenvalue weighted by atomic mass is 32.1. The van der Waals surface area contributed by atoms with Crippen molar-refractivity contribution in [3.8, 4) is 0 Å². The number of amides is 2. The van der Waals surface area contributed by atoms with Crippen LogP contribution in [0.15, 0.2) is 0 Å². The SMILES string of the molecule is NC(=S)C1(N2C(=O)COCC2=O)CCCC1. The fourth-order valence-corrected chi connectivity index (χ4v) is 2.81. The molecule has 5 nitrogen and oxygen atoms in total. The molecule has 0 radical (unpaired) electrons. The quantitative estimate of drug-likeness (QED) is 0.544. The molecule has 16 heavy (non-hydrogen) atoms. The monoisotopic (exact) mass is 242 g/mol. The van der Waals surface area contributed by atoms with E-state index in [0.29, 0.717) is 12.8 Å². The average Bonchev–Trinajstić information content (AvgIpc) is 2.67. The van der Waals surface area contributed by atoms with Gasteiger partial charge >= 0.3 is 0 Å². The summed E-state index contributed by atoms with van der Waals surface area (Å²) in [6, 6.07) is 0. The first-order chi connectivity index (χ1) is 7.58. The first-order valence-electron chi connectivity index (χ1n) is 5.31. The van der Waals surface area contributed by atoms with E-state index in [1.54, 1.807) is 0 Å². The number of hydrogen-bond donors (Lipinski definition) is 1. The molecule has 2 fully saturated rings. The number of ether oxygens (including phenoxy) is 1. The van der Waals surface area contributed by atoms with Crippen molar-refractivity contribution in [3.05, 3.63) is 0 Å². The maximum Gasteiger partial charge on any atom is 0.256 e. The highest BCUT2D eigenvalue weighted by Crippen LogP contribution is 2.36. The standard InChI is InChI=1S/C10H14N2O3S/c11-9(16)10(3-1-2-4-10)12-7(13)5-15-6-8(12)14/h1-6H2,(H2,11,16). The molecule has 1 aliphatic carbocycles. The summed E-state index contributed by atoms with van der Waals surface area (Å²) in [6.07, 6.45) is 3.24. The van der Waals surface area contributed by atoms with Crippen LogP contribution in [-0.4, -0.2) is 40.5 Å². The van der Waals surface area contributed by atoms with Gasteiger partial charge < -0.3 is 10.5 Å². The predicted molar refractivity (Wildman–Crippen MR) is 60.7 cm³/mol. The molecule has 88 valence electrons. The first-order valence-corrected chi connectivity index (χ1v) is 5.72. The molecule has 0 spiro atoms. The Kier molecular flexibility index (Phi) is 2.94. The second kappa shape index (κ2) is 4.10. The molecule has 1 aliphatic heterocycles. The summed E-state index contributed by atoms with van der Waals surface area (Å²) in [4.78, 5) is 25.0. The lowest BCUT2D eigenvalue weighted by atomic mass is 9.94. The number of carbonyl (C=O) groups is 2. The van der Waals surface area contributed by atoms with Crippen LogP contribution in [0, 0.1) is 0 Å². The zero-order valence-corrected chi connectivity index (χ0v) is 9.72. The number of carbonyl (C=O) groups excluding carboxylic acids is 2. The Morgan fingerprint density at radius 2 is 1.75 bits per heavy atom. The average molecular weight is 242 g/mol. The van der Waals surface area contributed by atoms with Crippen LogP contribution in [0.5, 0.6) is 0 Å². The fraction of sp³-hybridized carbons (Fsp3) is 0.700. The molecule has 0 aromatic heterocycles. The Bertz CT molecular complexity index is 334. The van der Waals surface area contributed by atoms with Gasteiger partial charge in [0.1, 0.15) is 18.8 Å². The topological polar surface area (TPSA) is 72.6 Å². The van der Waals surface area contributed by atoms with Crippen LogP contribution in [0.4, 0.5) is 0 Å². The summed E-state index contributed by atoms with van der Waals surface area (Å²) < 4.78 is 4.88. The number of nitrogens with two attached hydrogens (primary N) is 1. The minimum Gasteiger partial charge on any atom is -0.391 e. The molecule has 2 amide bonds. The molecule has 0 unspecified atom stereocenters. The van der Waals surface area contributed by atoms with Crippen LogP contribution >= 0.6 is 12.2 Å². The molecule has 0 bridgehead atoms. The third-order valence-electron chi connectivity index (χ3n) is 3.27. The van der Waals surface area contributed by atoms with Crippen LogP contribution in [0.25, 0.3) is 0 Å². The molecule has 0 atom stereocenters. The molecule has 1 saturated carbocycles. The Hall–Kier alpha value is -1.01. The van der Waals surface area contributed by atoms with E-state index in [1.165, 1.54) is 4.90 Å². The van der Waals surface area contributed by atoms with Gasteiger partial charge in [-0.15, -0.1) is 0 Å². The minimum absolute atomic E-state index is 0.0594. The highest BCUT2D eigenvalue weighted by molar-refractivity contribution is 7.80. The van der Waals surface area contributed by atoms with Gasteiger partial charge in [0.05, 0.1) is 4.99 Å². The van der Waals surface area contributed by atoms with Gasteiger partial charge in [-0.3, -0.25) is 14.5 Å². The number of thiocarbonyl (C=S) groups is 1. The smallest absolute Gasteiger partial charge is 0.256 e. The number of imide groups is 1. The van der Waals surface area contributed by atoms with Crippen molar-refractivity contribution < 1.29 is 14.3 Å². The van der Waals surface area contributed by atoms with Gasteiger partial charge in [-0.1, -0.05) is 25.1 Å². The van der Waals surface area contributed by atoms with Gasteiger partial charge in [-0.2, -0.15) is 0 Å². The largest absolute Gasteiger partial charge is 0.391 e. The predicted octanol–water partition coefficient (Wildman–Crippen LogP) is -0.0293. The number of rotatable bonds is 2. The second-order valence-electron chi connectivity index (χ2n) is 4.22. The molecule has 2 aliphatic rings. The number of morpholine rings is 1. The van der Waals surface area contributed by atoms with Crippen molar-refractivity contribution in [2.45, 2.75) is 31.2 Å². The van der Waals surface area contributed by atoms with E-state index in [1.807, 2.05) is 0 Å². The normalized spacial score (nSPS) is 24.9. The maximum absolute atomic E-state index is 11.8. The van der Waals surface area contributed by atoms with E-state index < -0.39 is 5.54 Å². The third kappa shape index (κ3) is 1.62. The summed E-state index contributed by atoms with van der Waals surface area (Å²) in [7, 11) is 0. The van der Waals surface area contributed by atoms with Crippen LogP contribution < -0.4 is 5.73 Å². The zero-order valence-electron chi connectivity index (χ0n) is 8.90. The number of hydrogen-bond acceptors (Lipinski definition) is 4. The Morgan fingerprint density at radius 1 is 1.25 bits per heavy atom. The van der Waals surface area contributed by atoms with Crippen molar-refractivity contribution in [1.29, 1.82) is 0 Å². The van der Waals surface area contributed by atoms with Gasteiger partial charge in [0.15, 0.2) is 0 Å². The molecule has 6 heteroatoms. The first kappa shape index (κ1) is 11.5. The maximum atomic E-state index is 11.8. The molecule has 2 rings (SSSR count). The lowest BCUT2D eigenvalue weighted by Gasteiger charge is -2.40. The minimum atomic E-state index is -0.729. The summed E-state index contributed by atoms with van der Waals surface area (Å²) in [5, 5.41) is 0. The van der Waals surface area contributed by atoms with Crippen molar-refractivity contribution in [2.75, 3.05) is 13.2 Å². The van der Waals surface area contributed by atoms with Gasteiger partial charge in [-0.05, 0) is 12.8 Å². The molecule has 2 N–H and O–H groups in total.